The number of carbonyl (C=O) groups is 2. The van der Waals surface area contributed by atoms with Crippen LogP contribution >= 0.6 is 0 Å². The highest BCUT2D eigenvalue weighted by Crippen LogP contribution is 2.46. The molecule has 0 fully saturated rings. The Bertz CT molecular complexity index is 894. The van der Waals surface area contributed by atoms with E-state index in [1.54, 1.807) is 18.3 Å². The van der Waals surface area contributed by atoms with Gasteiger partial charge in [-0.2, -0.15) is 13.2 Å². The van der Waals surface area contributed by atoms with Crippen molar-refractivity contribution in [2.45, 2.75) is 24.4 Å². The average Bonchev–Trinajstić information content (AvgIpc) is 2.92. The standard InChI is InChI=1S/C16H10F3N3O2/c17-16(18,19)11-4-3-8-12(21-11)15(14(24)22-13(8)23)6-5-10-9(15)2-1-7-20-10/h1-4,7H,5-6H2,(H,22,23,24). The Morgan fingerprint density at radius 3 is 2.71 bits per heavy atom. The number of pyridine rings is 2. The highest BCUT2D eigenvalue weighted by molar-refractivity contribution is 6.14. The third-order valence-corrected chi connectivity index (χ3v) is 4.54. The van der Waals surface area contributed by atoms with Gasteiger partial charge in [-0.05, 0) is 36.6 Å². The highest BCUT2D eigenvalue weighted by atomic mass is 19.4. The van der Waals surface area contributed by atoms with Crippen LogP contribution in [0.5, 0.6) is 0 Å². The molecule has 5 nitrogen and oxygen atoms in total. The number of nitrogens with zero attached hydrogens (tertiary/aromatic N) is 2. The number of hydrogen-bond donors (Lipinski definition) is 1. The SMILES string of the molecule is O=C1NC(=O)C2(CCc3ncccc32)c2nc(C(F)(F)F)ccc21. The monoisotopic (exact) mass is 333 g/mol. The number of amides is 2. The van der Waals surface area contributed by atoms with Gasteiger partial charge in [0, 0.05) is 11.9 Å². The van der Waals surface area contributed by atoms with Crippen LogP contribution in [0.15, 0.2) is 30.5 Å². The van der Waals surface area contributed by atoms with Crippen molar-refractivity contribution in [3.05, 3.63) is 58.7 Å². The number of carbonyl (C=O) groups excluding carboxylic acids is 2. The summed E-state index contributed by atoms with van der Waals surface area (Å²) < 4.78 is 39.2. The zero-order valence-electron chi connectivity index (χ0n) is 12.1. The van der Waals surface area contributed by atoms with Crippen LogP contribution < -0.4 is 5.32 Å². The normalized spacial score (nSPS) is 22.3. The molecule has 1 aliphatic carbocycles. The first kappa shape index (κ1) is 14.8. The number of fused-ring (bicyclic) bond motifs is 4. The number of aryl methyl sites for hydroxylation is 1. The molecule has 1 N–H and O–H groups in total. The summed E-state index contributed by atoms with van der Waals surface area (Å²) in [6.45, 7) is 0. The van der Waals surface area contributed by atoms with Crippen LogP contribution in [-0.4, -0.2) is 21.8 Å². The lowest BCUT2D eigenvalue weighted by Crippen LogP contribution is -2.52. The van der Waals surface area contributed by atoms with Gasteiger partial charge in [0.1, 0.15) is 11.1 Å². The number of imide groups is 1. The van der Waals surface area contributed by atoms with Crippen molar-refractivity contribution in [2.75, 3.05) is 0 Å². The molecule has 0 aromatic carbocycles. The van der Waals surface area contributed by atoms with E-state index in [1.807, 2.05) is 0 Å². The van der Waals surface area contributed by atoms with E-state index in [4.69, 9.17) is 0 Å². The lowest BCUT2D eigenvalue weighted by atomic mass is 9.74. The van der Waals surface area contributed by atoms with E-state index in [1.165, 1.54) is 0 Å². The van der Waals surface area contributed by atoms with Gasteiger partial charge in [0.2, 0.25) is 5.91 Å². The summed E-state index contributed by atoms with van der Waals surface area (Å²) in [7, 11) is 0. The summed E-state index contributed by atoms with van der Waals surface area (Å²) in [6, 6.07) is 5.09. The second-order valence-corrected chi connectivity index (χ2v) is 5.78. The maximum atomic E-state index is 13.1. The molecule has 8 heteroatoms. The molecule has 0 saturated heterocycles. The molecule has 2 aromatic heterocycles. The number of rotatable bonds is 0. The van der Waals surface area contributed by atoms with E-state index in [0.29, 0.717) is 17.7 Å². The zero-order chi connectivity index (χ0) is 17.1. The van der Waals surface area contributed by atoms with Crippen LogP contribution in [0.1, 0.15) is 39.4 Å². The molecule has 2 aromatic rings. The van der Waals surface area contributed by atoms with Crippen LogP contribution in [-0.2, 0) is 22.8 Å². The molecule has 2 aliphatic rings. The molecule has 2 amide bonds. The first-order valence-corrected chi connectivity index (χ1v) is 7.23. The molecule has 1 spiro atoms. The number of aromatic nitrogens is 2. The summed E-state index contributed by atoms with van der Waals surface area (Å²) in [6.07, 6.45) is -2.46. The molecule has 0 saturated carbocycles. The Kier molecular flexibility index (Phi) is 2.85. The molecule has 1 unspecified atom stereocenters. The van der Waals surface area contributed by atoms with E-state index in [0.717, 1.165) is 12.1 Å². The second kappa shape index (κ2) is 4.62. The van der Waals surface area contributed by atoms with Crippen molar-refractivity contribution < 1.29 is 22.8 Å². The van der Waals surface area contributed by atoms with Crippen molar-refractivity contribution in [2.24, 2.45) is 0 Å². The van der Waals surface area contributed by atoms with Crippen LogP contribution in [0.25, 0.3) is 0 Å². The van der Waals surface area contributed by atoms with Gasteiger partial charge in [-0.15, -0.1) is 0 Å². The Morgan fingerprint density at radius 1 is 1.17 bits per heavy atom. The highest BCUT2D eigenvalue weighted by Gasteiger charge is 2.54. The van der Waals surface area contributed by atoms with Crippen molar-refractivity contribution in [1.29, 1.82) is 0 Å². The van der Waals surface area contributed by atoms with E-state index in [9.17, 15) is 22.8 Å². The summed E-state index contributed by atoms with van der Waals surface area (Å²) in [4.78, 5) is 32.6. The van der Waals surface area contributed by atoms with Gasteiger partial charge in [0.15, 0.2) is 0 Å². The fourth-order valence-corrected chi connectivity index (χ4v) is 3.46. The van der Waals surface area contributed by atoms with Gasteiger partial charge in [0.25, 0.3) is 5.91 Å². The molecule has 122 valence electrons. The lowest BCUT2D eigenvalue weighted by molar-refractivity contribution is -0.141. The number of halogens is 3. The van der Waals surface area contributed by atoms with Crippen LogP contribution in [0.2, 0.25) is 0 Å². The fourth-order valence-electron chi connectivity index (χ4n) is 3.46. The third-order valence-electron chi connectivity index (χ3n) is 4.54. The van der Waals surface area contributed by atoms with Crippen molar-refractivity contribution in [3.63, 3.8) is 0 Å². The topological polar surface area (TPSA) is 72.0 Å². The van der Waals surface area contributed by atoms with Gasteiger partial charge in [0.05, 0.1) is 11.3 Å². The molecule has 3 heterocycles. The summed E-state index contributed by atoms with van der Waals surface area (Å²) in [5.41, 5.74) is -1.55. The van der Waals surface area contributed by atoms with Crippen LogP contribution in [0, 0.1) is 0 Å². The Balaban J connectivity index is 2.03. The summed E-state index contributed by atoms with van der Waals surface area (Å²) in [5, 5.41) is 2.24. The number of nitrogens with one attached hydrogen (secondary N) is 1. The molecule has 1 aliphatic heterocycles. The van der Waals surface area contributed by atoms with Gasteiger partial charge in [-0.1, -0.05) is 6.07 Å². The largest absolute Gasteiger partial charge is 0.433 e. The number of hydrogen-bond acceptors (Lipinski definition) is 4. The van der Waals surface area contributed by atoms with Gasteiger partial charge < -0.3 is 0 Å². The molecular formula is C16H10F3N3O2. The molecule has 4 rings (SSSR count). The van der Waals surface area contributed by atoms with Crippen molar-refractivity contribution in [1.82, 2.24) is 15.3 Å². The van der Waals surface area contributed by atoms with E-state index in [2.05, 4.69) is 15.3 Å². The average molecular weight is 333 g/mol. The predicted octanol–water partition coefficient (Wildman–Crippen LogP) is 2.00. The molecule has 24 heavy (non-hydrogen) atoms. The molecule has 0 bridgehead atoms. The maximum Gasteiger partial charge on any atom is 0.433 e. The van der Waals surface area contributed by atoms with Crippen molar-refractivity contribution in [3.8, 4) is 0 Å². The van der Waals surface area contributed by atoms with E-state index in [-0.39, 0.29) is 17.7 Å². The number of alkyl halides is 3. The maximum absolute atomic E-state index is 13.1. The van der Waals surface area contributed by atoms with Gasteiger partial charge in [-0.3, -0.25) is 19.9 Å². The minimum absolute atomic E-state index is 0.0145. The van der Waals surface area contributed by atoms with E-state index >= 15 is 0 Å². The summed E-state index contributed by atoms with van der Waals surface area (Å²) in [5.74, 6) is -1.39. The Morgan fingerprint density at radius 2 is 1.96 bits per heavy atom. The summed E-state index contributed by atoms with van der Waals surface area (Å²) >= 11 is 0. The quantitative estimate of drug-likeness (QED) is 0.749. The fraction of sp³-hybridized carbons (Fsp3) is 0.250. The molecular weight excluding hydrogens is 323 g/mol. The second-order valence-electron chi connectivity index (χ2n) is 5.78. The van der Waals surface area contributed by atoms with Crippen LogP contribution in [0.4, 0.5) is 13.2 Å². The minimum atomic E-state index is -4.66. The van der Waals surface area contributed by atoms with Gasteiger partial charge in [-0.25, -0.2) is 4.98 Å². The predicted molar refractivity (Wildman–Crippen MR) is 75.1 cm³/mol. The smallest absolute Gasteiger partial charge is 0.291 e. The molecule has 0 radical (unpaired) electrons. The third kappa shape index (κ3) is 1.82. The van der Waals surface area contributed by atoms with Gasteiger partial charge >= 0.3 is 6.18 Å². The first-order chi connectivity index (χ1) is 11.3. The molecule has 1 atom stereocenters. The first-order valence-electron chi connectivity index (χ1n) is 7.23. The van der Waals surface area contributed by atoms with E-state index < -0.39 is 29.1 Å². The van der Waals surface area contributed by atoms with Crippen LogP contribution in [0.3, 0.4) is 0 Å². The lowest BCUT2D eigenvalue weighted by Gasteiger charge is -2.33. The van der Waals surface area contributed by atoms with Crippen molar-refractivity contribution >= 4 is 11.8 Å². The zero-order valence-corrected chi connectivity index (χ0v) is 12.1. The Labute approximate surface area is 133 Å². The minimum Gasteiger partial charge on any atom is -0.291 e. The Hall–Kier alpha value is -2.77.